The van der Waals surface area contributed by atoms with Crippen molar-refractivity contribution < 1.29 is 24.1 Å². The van der Waals surface area contributed by atoms with Gasteiger partial charge in [-0.15, -0.1) is 11.8 Å². The Morgan fingerprint density at radius 1 is 1.08 bits per heavy atom. The summed E-state index contributed by atoms with van der Waals surface area (Å²) in [4.78, 5) is 11.0. The van der Waals surface area contributed by atoms with Crippen molar-refractivity contribution in [2.45, 2.75) is 43.3 Å². The molecule has 0 amide bonds. The molecule has 6 heteroatoms. The molecule has 2 atom stereocenters. The highest BCUT2D eigenvalue weighted by molar-refractivity contribution is 8.00. The molecule has 2 rings (SSSR count). The van der Waals surface area contributed by atoms with Crippen LogP contribution in [0.25, 0.3) is 0 Å². The number of hydrogen-bond acceptors (Lipinski definition) is 5. The van der Waals surface area contributed by atoms with Crippen molar-refractivity contribution in [2.75, 3.05) is 27.1 Å². The van der Waals surface area contributed by atoms with Crippen LogP contribution in [0, 0.1) is 0 Å². The summed E-state index contributed by atoms with van der Waals surface area (Å²) in [6.07, 6.45) is 5.54. The quantitative estimate of drug-likeness (QED) is 0.748. The molecule has 1 fully saturated rings. The summed E-state index contributed by atoms with van der Waals surface area (Å²) in [5.74, 6) is 1.57. The Balaban J connectivity index is 2.39. The Morgan fingerprint density at radius 2 is 1.79 bits per heavy atom. The average Bonchev–Trinajstić information content (AvgIpc) is 2.83. The van der Waals surface area contributed by atoms with Gasteiger partial charge in [-0.1, -0.05) is 25.3 Å². The van der Waals surface area contributed by atoms with Gasteiger partial charge in [-0.2, -0.15) is 0 Å². The van der Waals surface area contributed by atoms with E-state index in [1.165, 1.54) is 18.2 Å². The van der Waals surface area contributed by atoms with E-state index in [1.54, 1.807) is 21.3 Å². The van der Waals surface area contributed by atoms with Crippen LogP contribution in [-0.4, -0.2) is 43.4 Å². The van der Waals surface area contributed by atoms with E-state index in [4.69, 9.17) is 19.3 Å². The van der Waals surface area contributed by atoms with Gasteiger partial charge in [0.15, 0.2) is 11.5 Å². The van der Waals surface area contributed by atoms with Crippen LogP contribution in [0.15, 0.2) is 12.1 Å². The van der Waals surface area contributed by atoms with Gasteiger partial charge in [-0.25, -0.2) is 0 Å². The second-order valence-corrected chi connectivity index (χ2v) is 7.14. The van der Waals surface area contributed by atoms with Crippen LogP contribution in [0.2, 0.25) is 0 Å². The van der Waals surface area contributed by atoms with E-state index in [0.717, 1.165) is 31.2 Å². The third-order valence-electron chi connectivity index (χ3n) is 4.51. The predicted octanol–water partition coefficient (Wildman–Crippen LogP) is 3.95. The second kappa shape index (κ2) is 9.06. The normalized spacial score (nSPS) is 21.0. The summed E-state index contributed by atoms with van der Waals surface area (Å²) in [7, 11) is 4.85. The Morgan fingerprint density at radius 3 is 2.42 bits per heavy atom. The molecule has 1 aromatic carbocycles. The molecular weight excluding hydrogens is 328 g/mol. The van der Waals surface area contributed by atoms with Gasteiger partial charge in [0.05, 0.1) is 27.1 Å². The highest BCUT2D eigenvalue weighted by atomic mass is 32.2. The summed E-state index contributed by atoms with van der Waals surface area (Å²) in [6, 6.07) is 3.94. The molecule has 5 nitrogen and oxygen atoms in total. The molecule has 0 bridgehead atoms. The minimum absolute atomic E-state index is 0.136. The van der Waals surface area contributed by atoms with Gasteiger partial charge in [-0.3, -0.25) is 4.79 Å². The van der Waals surface area contributed by atoms with E-state index in [1.807, 2.05) is 12.1 Å². The third-order valence-corrected chi connectivity index (χ3v) is 5.91. The number of rotatable bonds is 7. The molecule has 0 heterocycles. The predicted molar refractivity (Wildman–Crippen MR) is 95.8 cm³/mol. The molecule has 1 N–H and O–H groups in total. The molecule has 1 aliphatic carbocycles. The lowest BCUT2D eigenvalue weighted by atomic mass is 9.90. The fourth-order valence-electron chi connectivity index (χ4n) is 3.42. The number of carboxylic acids is 1. The molecule has 24 heavy (non-hydrogen) atoms. The summed E-state index contributed by atoms with van der Waals surface area (Å²) < 4.78 is 16.5. The van der Waals surface area contributed by atoms with Gasteiger partial charge in [-0.05, 0) is 24.8 Å². The maximum absolute atomic E-state index is 11.0. The van der Waals surface area contributed by atoms with Gasteiger partial charge >= 0.3 is 5.97 Å². The van der Waals surface area contributed by atoms with Crippen molar-refractivity contribution in [3.05, 3.63) is 17.7 Å². The van der Waals surface area contributed by atoms with Crippen LogP contribution in [0.1, 0.15) is 43.6 Å². The van der Waals surface area contributed by atoms with Gasteiger partial charge in [0.25, 0.3) is 0 Å². The first-order valence-corrected chi connectivity index (χ1v) is 9.29. The first kappa shape index (κ1) is 18.8. The van der Waals surface area contributed by atoms with Crippen molar-refractivity contribution >= 4 is 17.7 Å². The summed E-state index contributed by atoms with van der Waals surface area (Å²) in [5.41, 5.74) is 1.08. The lowest BCUT2D eigenvalue weighted by Crippen LogP contribution is -2.17. The molecule has 134 valence electrons. The molecule has 0 aromatic heterocycles. The van der Waals surface area contributed by atoms with E-state index in [0.29, 0.717) is 17.2 Å². The number of aliphatic carboxylic acids is 1. The van der Waals surface area contributed by atoms with Crippen molar-refractivity contribution in [3.63, 3.8) is 0 Å². The Hall–Kier alpha value is -1.56. The molecular formula is C18H26O5S. The topological polar surface area (TPSA) is 65.0 Å². The number of carboxylic acid groups (broad SMARTS) is 1. The maximum Gasteiger partial charge on any atom is 0.313 e. The minimum Gasteiger partial charge on any atom is -0.493 e. The van der Waals surface area contributed by atoms with Gasteiger partial charge in [0.1, 0.15) is 0 Å². The van der Waals surface area contributed by atoms with Gasteiger partial charge < -0.3 is 19.3 Å². The Labute approximate surface area is 147 Å². The van der Waals surface area contributed by atoms with Crippen LogP contribution in [-0.2, 0) is 4.79 Å². The van der Waals surface area contributed by atoms with Crippen LogP contribution < -0.4 is 14.2 Å². The van der Waals surface area contributed by atoms with Crippen LogP contribution in [0.5, 0.6) is 17.2 Å². The fraction of sp³-hybridized carbons (Fsp3) is 0.611. The smallest absolute Gasteiger partial charge is 0.313 e. The number of ether oxygens (including phenoxy) is 3. The molecule has 0 saturated heterocycles. The average molecular weight is 354 g/mol. The van der Waals surface area contributed by atoms with E-state index in [2.05, 4.69) is 0 Å². The Kier molecular flexibility index (Phi) is 7.09. The molecule has 1 aromatic rings. The van der Waals surface area contributed by atoms with Crippen molar-refractivity contribution in [1.82, 2.24) is 0 Å². The molecule has 0 unspecified atom stereocenters. The number of carbonyl (C=O) groups is 1. The van der Waals surface area contributed by atoms with Crippen molar-refractivity contribution in [3.8, 4) is 17.2 Å². The van der Waals surface area contributed by atoms with Crippen molar-refractivity contribution in [1.29, 1.82) is 0 Å². The van der Waals surface area contributed by atoms with E-state index in [-0.39, 0.29) is 16.9 Å². The van der Waals surface area contributed by atoms with Crippen LogP contribution >= 0.6 is 11.8 Å². The van der Waals surface area contributed by atoms with Gasteiger partial charge in [0, 0.05) is 10.8 Å². The SMILES string of the molecule is COc1ccc([C@H]2CCCCC[C@@H]2SCC(=O)O)c(OC)c1OC. The van der Waals surface area contributed by atoms with E-state index >= 15 is 0 Å². The molecule has 0 radical (unpaired) electrons. The fourth-order valence-corrected chi connectivity index (χ4v) is 4.63. The first-order chi connectivity index (χ1) is 11.6. The largest absolute Gasteiger partial charge is 0.493 e. The highest BCUT2D eigenvalue weighted by Gasteiger charge is 2.30. The minimum atomic E-state index is -0.762. The number of thioether (sulfide) groups is 1. The summed E-state index contributed by atoms with van der Waals surface area (Å²) >= 11 is 1.54. The van der Waals surface area contributed by atoms with Crippen LogP contribution in [0.3, 0.4) is 0 Å². The van der Waals surface area contributed by atoms with Crippen LogP contribution in [0.4, 0.5) is 0 Å². The summed E-state index contributed by atoms with van der Waals surface area (Å²) in [6.45, 7) is 0. The zero-order chi connectivity index (χ0) is 17.5. The highest BCUT2D eigenvalue weighted by Crippen LogP contribution is 2.48. The standard InChI is InChI=1S/C18H26O5S/c1-21-14-10-9-13(17(22-2)18(14)23-3)12-7-5-4-6-8-15(12)24-11-16(19)20/h9-10,12,15H,4-8,11H2,1-3H3,(H,19,20)/t12-,15+/m1/s1. The van der Waals surface area contributed by atoms with E-state index in [9.17, 15) is 4.79 Å². The van der Waals surface area contributed by atoms with E-state index < -0.39 is 5.97 Å². The monoisotopic (exact) mass is 354 g/mol. The Bertz CT molecular complexity index is 561. The third kappa shape index (κ3) is 4.29. The molecule has 0 spiro atoms. The lowest BCUT2D eigenvalue weighted by molar-refractivity contribution is -0.133. The van der Waals surface area contributed by atoms with Crippen molar-refractivity contribution in [2.24, 2.45) is 0 Å². The second-order valence-electron chi connectivity index (χ2n) is 5.91. The zero-order valence-electron chi connectivity index (χ0n) is 14.5. The summed E-state index contributed by atoms with van der Waals surface area (Å²) in [5, 5.41) is 9.31. The number of benzene rings is 1. The molecule has 1 aliphatic rings. The molecule has 1 saturated carbocycles. The zero-order valence-corrected chi connectivity index (χ0v) is 15.4. The lowest BCUT2D eigenvalue weighted by Gasteiger charge is -2.27. The maximum atomic E-state index is 11.0. The first-order valence-electron chi connectivity index (χ1n) is 8.24. The molecule has 0 aliphatic heterocycles. The number of hydrogen-bond donors (Lipinski definition) is 1. The van der Waals surface area contributed by atoms with Gasteiger partial charge in [0.2, 0.25) is 5.75 Å². The number of methoxy groups -OCH3 is 3.